The third kappa shape index (κ3) is 3.14. The molecule has 2 nitrogen and oxygen atoms in total. The lowest BCUT2D eigenvalue weighted by Gasteiger charge is -2.38. The summed E-state index contributed by atoms with van der Waals surface area (Å²) < 4.78 is 0. The Morgan fingerprint density at radius 2 is 1.89 bits per heavy atom. The van der Waals surface area contributed by atoms with Gasteiger partial charge in [-0.25, -0.2) is 0 Å². The number of nitrogens with one attached hydrogen (secondary N) is 1. The molecule has 1 heterocycles. The van der Waals surface area contributed by atoms with E-state index >= 15 is 0 Å². The summed E-state index contributed by atoms with van der Waals surface area (Å²) in [6.07, 6.45) is 12.1. The summed E-state index contributed by atoms with van der Waals surface area (Å²) >= 11 is 0. The average molecular weight is 251 g/mol. The van der Waals surface area contributed by atoms with Crippen LogP contribution in [-0.4, -0.2) is 18.9 Å². The van der Waals surface area contributed by atoms with Gasteiger partial charge in [0.25, 0.3) is 0 Å². The fourth-order valence-corrected chi connectivity index (χ4v) is 3.97. The molecule has 1 saturated heterocycles. The molecule has 1 unspecified atom stereocenters. The van der Waals surface area contributed by atoms with E-state index in [1.807, 2.05) is 0 Å². The molecule has 1 atom stereocenters. The molecule has 0 aromatic heterocycles. The summed E-state index contributed by atoms with van der Waals surface area (Å²) in [7, 11) is 0. The van der Waals surface area contributed by atoms with Crippen molar-refractivity contribution in [2.75, 3.05) is 13.1 Å². The van der Waals surface area contributed by atoms with Crippen LogP contribution in [0.4, 0.5) is 0 Å². The number of piperidine rings is 1. The first-order valence-electron chi connectivity index (χ1n) is 8.03. The van der Waals surface area contributed by atoms with Crippen molar-refractivity contribution in [3.8, 4) is 0 Å². The van der Waals surface area contributed by atoms with E-state index in [0.717, 1.165) is 45.2 Å². The maximum Gasteiger partial charge on any atom is 0.143 e. The number of ketones is 1. The first kappa shape index (κ1) is 14.0. The highest BCUT2D eigenvalue weighted by molar-refractivity contribution is 5.87. The lowest BCUT2D eigenvalue weighted by molar-refractivity contribution is -0.135. The van der Waals surface area contributed by atoms with Gasteiger partial charge in [0.1, 0.15) is 5.78 Å². The summed E-state index contributed by atoms with van der Waals surface area (Å²) in [5.41, 5.74) is -0.0119. The van der Waals surface area contributed by atoms with Crippen molar-refractivity contribution in [2.24, 2.45) is 11.3 Å². The maximum absolute atomic E-state index is 13.0. The van der Waals surface area contributed by atoms with Crippen molar-refractivity contribution in [1.29, 1.82) is 0 Å². The van der Waals surface area contributed by atoms with Gasteiger partial charge in [0.2, 0.25) is 0 Å². The summed E-state index contributed by atoms with van der Waals surface area (Å²) in [6, 6.07) is 0. The van der Waals surface area contributed by atoms with E-state index in [-0.39, 0.29) is 5.41 Å². The Morgan fingerprint density at radius 1 is 1.17 bits per heavy atom. The van der Waals surface area contributed by atoms with Gasteiger partial charge in [-0.1, -0.05) is 39.0 Å². The highest BCUT2D eigenvalue weighted by Crippen LogP contribution is 2.38. The van der Waals surface area contributed by atoms with E-state index in [2.05, 4.69) is 12.2 Å². The van der Waals surface area contributed by atoms with Crippen LogP contribution in [0.2, 0.25) is 0 Å². The van der Waals surface area contributed by atoms with E-state index in [4.69, 9.17) is 0 Å². The van der Waals surface area contributed by atoms with Crippen molar-refractivity contribution in [1.82, 2.24) is 5.32 Å². The molecule has 18 heavy (non-hydrogen) atoms. The van der Waals surface area contributed by atoms with E-state index in [0.29, 0.717) is 11.7 Å². The van der Waals surface area contributed by atoms with E-state index < -0.39 is 0 Å². The molecule has 2 heteroatoms. The predicted molar refractivity (Wildman–Crippen MR) is 75.6 cm³/mol. The smallest absolute Gasteiger partial charge is 0.143 e. The standard InChI is InChI=1S/C16H29NO/c1-2-10-16(11-7-12-17-13-16)15(18)14-8-5-3-4-6-9-14/h14,17H,2-13H2,1H3. The zero-order valence-corrected chi connectivity index (χ0v) is 12.0. The second kappa shape index (κ2) is 6.70. The van der Waals surface area contributed by atoms with Gasteiger partial charge in [-0.2, -0.15) is 0 Å². The second-order valence-corrected chi connectivity index (χ2v) is 6.36. The third-order valence-corrected chi connectivity index (χ3v) is 4.95. The lowest BCUT2D eigenvalue weighted by atomic mass is 9.69. The van der Waals surface area contributed by atoms with Gasteiger partial charge in [-0.05, 0) is 38.6 Å². The van der Waals surface area contributed by atoms with Crippen LogP contribution in [0.25, 0.3) is 0 Å². The molecule has 2 rings (SSSR count). The summed E-state index contributed by atoms with van der Waals surface area (Å²) in [6.45, 7) is 4.26. The van der Waals surface area contributed by atoms with Gasteiger partial charge >= 0.3 is 0 Å². The fourth-order valence-electron chi connectivity index (χ4n) is 3.97. The Balaban J connectivity index is 2.06. The molecule has 1 aliphatic heterocycles. The third-order valence-electron chi connectivity index (χ3n) is 4.95. The van der Waals surface area contributed by atoms with Gasteiger partial charge in [-0.3, -0.25) is 4.79 Å². The van der Waals surface area contributed by atoms with Crippen molar-refractivity contribution >= 4 is 5.78 Å². The Bertz CT molecular complexity index is 255. The highest BCUT2D eigenvalue weighted by atomic mass is 16.1. The average Bonchev–Trinajstić information content (AvgIpc) is 2.68. The molecule has 2 fully saturated rings. The van der Waals surface area contributed by atoms with Gasteiger partial charge < -0.3 is 5.32 Å². The highest BCUT2D eigenvalue weighted by Gasteiger charge is 2.41. The first-order chi connectivity index (χ1) is 8.78. The van der Waals surface area contributed by atoms with Crippen LogP contribution in [-0.2, 0) is 4.79 Å². The Hall–Kier alpha value is -0.370. The molecule has 0 bridgehead atoms. The summed E-state index contributed by atoms with van der Waals surface area (Å²) in [4.78, 5) is 13.0. The lowest BCUT2D eigenvalue weighted by Crippen LogP contribution is -2.47. The zero-order valence-electron chi connectivity index (χ0n) is 12.0. The minimum Gasteiger partial charge on any atom is -0.316 e. The van der Waals surface area contributed by atoms with Crippen LogP contribution in [0.15, 0.2) is 0 Å². The van der Waals surface area contributed by atoms with Crippen molar-refractivity contribution in [3.05, 3.63) is 0 Å². The second-order valence-electron chi connectivity index (χ2n) is 6.36. The summed E-state index contributed by atoms with van der Waals surface area (Å²) in [5, 5.41) is 3.48. The van der Waals surface area contributed by atoms with Crippen molar-refractivity contribution < 1.29 is 4.79 Å². The van der Waals surface area contributed by atoms with Crippen molar-refractivity contribution in [2.45, 2.75) is 71.1 Å². The van der Waals surface area contributed by atoms with Gasteiger partial charge in [0.05, 0.1) is 0 Å². The number of Topliss-reactive ketones (excluding diaryl/α,β-unsaturated/α-hetero) is 1. The quantitative estimate of drug-likeness (QED) is 0.772. The minimum atomic E-state index is -0.0119. The van der Waals surface area contributed by atoms with Crippen molar-refractivity contribution in [3.63, 3.8) is 0 Å². The van der Waals surface area contributed by atoms with Crippen LogP contribution in [0, 0.1) is 11.3 Å². The van der Waals surface area contributed by atoms with E-state index in [9.17, 15) is 4.79 Å². The molecule has 1 N–H and O–H groups in total. The maximum atomic E-state index is 13.0. The van der Waals surface area contributed by atoms with E-state index in [1.54, 1.807) is 0 Å². The molecule has 0 radical (unpaired) electrons. The minimum absolute atomic E-state index is 0.0119. The normalized spacial score (nSPS) is 30.9. The van der Waals surface area contributed by atoms with Gasteiger partial charge in [0, 0.05) is 17.9 Å². The molecular weight excluding hydrogens is 222 g/mol. The molecule has 0 amide bonds. The molecule has 1 saturated carbocycles. The van der Waals surface area contributed by atoms with Crippen LogP contribution >= 0.6 is 0 Å². The zero-order chi connectivity index (χ0) is 12.8. The fraction of sp³-hybridized carbons (Fsp3) is 0.938. The summed E-state index contributed by atoms with van der Waals surface area (Å²) in [5.74, 6) is 0.984. The Kier molecular flexibility index (Phi) is 5.23. The number of carbonyl (C=O) groups excluding carboxylic acids is 1. The predicted octanol–water partition coefficient (Wildman–Crippen LogP) is 3.70. The molecule has 2 aliphatic rings. The number of carbonyl (C=O) groups is 1. The molecule has 0 spiro atoms. The van der Waals surface area contributed by atoms with E-state index in [1.165, 1.54) is 32.1 Å². The van der Waals surface area contributed by atoms with Crippen LogP contribution in [0.1, 0.15) is 71.1 Å². The molecule has 104 valence electrons. The number of hydrogen-bond acceptors (Lipinski definition) is 2. The topological polar surface area (TPSA) is 29.1 Å². The largest absolute Gasteiger partial charge is 0.316 e. The number of hydrogen-bond donors (Lipinski definition) is 1. The van der Waals surface area contributed by atoms with Crippen LogP contribution in [0.3, 0.4) is 0 Å². The van der Waals surface area contributed by atoms with Crippen LogP contribution < -0.4 is 5.32 Å². The van der Waals surface area contributed by atoms with Gasteiger partial charge in [0.15, 0.2) is 0 Å². The molecule has 0 aromatic carbocycles. The Labute approximate surface area is 112 Å². The molecular formula is C16H29NO. The van der Waals surface area contributed by atoms with Gasteiger partial charge in [-0.15, -0.1) is 0 Å². The monoisotopic (exact) mass is 251 g/mol. The van der Waals surface area contributed by atoms with Crippen LogP contribution in [0.5, 0.6) is 0 Å². The SMILES string of the molecule is CCCC1(C(=O)C2CCCCCC2)CCCNC1. The molecule has 0 aromatic rings. The number of rotatable bonds is 4. The Morgan fingerprint density at radius 3 is 2.44 bits per heavy atom. The first-order valence-corrected chi connectivity index (χ1v) is 8.03. The molecule has 1 aliphatic carbocycles.